The van der Waals surface area contributed by atoms with Crippen molar-refractivity contribution < 1.29 is 0 Å². The zero-order valence-corrected chi connectivity index (χ0v) is 50.2. The fourth-order valence-electron chi connectivity index (χ4n) is 14.3. The van der Waals surface area contributed by atoms with Gasteiger partial charge in [0, 0.05) is 89.4 Å². The first-order valence-corrected chi connectivity index (χ1v) is 32.1. The average molecular weight is 1190 g/mol. The van der Waals surface area contributed by atoms with Gasteiger partial charge in [0.05, 0.1) is 56.7 Å². The van der Waals surface area contributed by atoms with Crippen LogP contribution in [0.15, 0.2) is 285 Å². The number of hydrogen-bond acceptors (Lipinski definition) is 5. The highest BCUT2D eigenvalue weighted by Crippen LogP contribution is 2.53. The minimum Gasteiger partial charge on any atom is -0.317 e. The lowest BCUT2D eigenvalue weighted by atomic mass is 10.0. The van der Waals surface area contributed by atoms with Crippen molar-refractivity contribution in [2.24, 2.45) is 0 Å². The summed E-state index contributed by atoms with van der Waals surface area (Å²) in [6.45, 7) is 9.82. The fraction of sp³-hybridized carbons (Fsp3) is 0. The van der Waals surface area contributed by atoms with E-state index in [1.54, 1.807) is 0 Å². The molecule has 0 unspecified atom stereocenters. The van der Waals surface area contributed by atoms with Crippen LogP contribution in [0.3, 0.4) is 0 Å². The maximum Gasteiger partial charge on any atom is 0.213 e. The van der Waals surface area contributed by atoms with Gasteiger partial charge in [0.15, 0.2) is 17.5 Å². The van der Waals surface area contributed by atoms with Gasteiger partial charge in [-0.1, -0.05) is 218 Å². The Kier molecular flexibility index (Phi) is 11.3. The number of para-hydroxylation sites is 2. The van der Waals surface area contributed by atoms with Crippen molar-refractivity contribution in [3.8, 4) is 73.5 Å². The van der Waals surface area contributed by atoms with Crippen molar-refractivity contribution in [1.29, 1.82) is 0 Å². The SMILES string of the molecule is [C-]#[N+]c1cc(-c2nc(-c3ccccc3)nc(-c3ccccc3)n2)c(-n2c3ccc(-c4ccccc4)cc3c3c4sc5ccccc5c4ccc32)c(-n2c3ccccc3c3ccccc32)c1-n1c2ccc(-c3ccccc3)cc2c2c3sc4ccccc4c3ccc21. The summed E-state index contributed by atoms with van der Waals surface area (Å²) in [5, 5.41) is 11.5. The highest BCUT2D eigenvalue weighted by molar-refractivity contribution is 7.27. The number of nitrogens with zero attached hydrogens (tertiary/aromatic N) is 7. The van der Waals surface area contributed by atoms with E-state index in [4.69, 9.17) is 19.8 Å². The van der Waals surface area contributed by atoms with E-state index in [1.165, 1.54) is 40.3 Å². The maximum atomic E-state index is 9.82. The number of thiophene rings is 2. The Morgan fingerprint density at radius 2 is 0.648 bits per heavy atom. The Morgan fingerprint density at radius 3 is 1.12 bits per heavy atom. The standard InChI is InChI=1S/C82H47N7S2/c1-83-64-48-63(82-85-80(51-26-10-4-11-27-51)84-81(86-82)52-28-12-5-13-29-52)75(88-67-42-38-53(49-22-6-2-7-23-49)46-61(67)73-69(88)44-40-59-57-32-16-20-36-71(57)90-78(59)73)77(87-65-34-18-14-30-55(65)56-31-15-19-35-66(56)87)76(64)89-68-43-39-54(50-24-8-3-9-25-50)47-62(68)74-70(89)45-41-60-58-33-17-21-37-72(58)91-79(60)74/h2-48H. The molecule has 0 amide bonds. The molecule has 9 heteroatoms. The maximum absolute atomic E-state index is 9.82. The van der Waals surface area contributed by atoms with Crippen molar-refractivity contribution in [1.82, 2.24) is 28.7 Å². The van der Waals surface area contributed by atoms with Crippen molar-refractivity contribution in [3.63, 3.8) is 0 Å². The molecule has 0 bridgehead atoms. The van der Waals surface area contributed by atoms with Gasteiger partial charge >= 0.3 is 0 Å². The smallest absolute Gasteiger partial charge is 0.213 e. The van der Waals surface area contributed by atoms with Gasteiger partial charge in [0.1, 0.15) is 0 Å². The van der Waals surface area contributed by atoms with E-state index < -0.39 is 0 Å². The van der Waals surface area contributed by atoms with Crippen LogP contribution in [0.2, 0.25) is 0 Å². The molecule has 0 saturated heterocycles. The van der Waals surface area contributed by atoms with Crippen LogP contribution in [-0.4, -0.2) is 28.7 Å². The van der Waals surface area contributed by atoms with Gasteiger partial charge < -0.3 is 13.7 Å². The number of fused-ring (bicyclic) bond motifs is 17. The normalized spacial score (nSPS) is 11.9. The number of benzene rings is 13. The molecule has 0 spiro atoms. The summed E-state index contributed by atoms with van der Waals surface area (Å²) in [4.78, 5) is 21.3. The van der Waals surface area contributed by atoms with E-state index in [2.05, 4.69) is 262 Å². The Bertz CT molecular complexity index is 6160. The van der Waals surface area contributed by atoms with E-state index in [1.807, 2.05) is 59.1 Å². The molecule has 0 saturated carbocycles. The minimum atomic E-state index is 0.431. The predicted molar refractivity (Wildman–Crippen MR) is 382 cm³/mol. The topological polar surface area (TPSA) is 57.8 Å². The van der Waals surface area contributed by atoms with Gasteiger partial charge in [0.25, 0.3) is 0 Å². The Morgan fingerprint density at radius 1 is 0.275 bits per heavy atom. The molecule has 0 aliphatic rings. The second-order valence-electron chi connectivity index (χ2n) is 23.2. The molecule has 19 aromatic rings. The van der Waals surface area contributed by atoms with E-state index in [0.29, 0.717) is 28.7 Å². The van der Waals surface area contributed by atoms with Crippen molar-refractivity contribution >= 4 is 134 Å². The molecular formula is C82H47N7S2. The molecule has 422 valence electrons. The molecule has 6 aromatic heterocycles. The summed E-state index contributed by atoms with van der Waals surface area (Å²) in [5.74, 6) is 1.47. The molecular weight excluding hydrogens is 1150 g/mol. The summed E-state index contributed by atoms with van der Waals surface area (Å²) in [5.41, 5.74) is 15.6. The third kappa shape index (κ3) is 7.74. The predicted octanol–water partition coefficient (Wildman–Crippen LogP) is 22.8. The first-order chi connectivity index (χ1) is 45.1. The van der Waals surface area contributed by atoms with Crippen molar-refractivity contribution in [2.75, 3.05) is 0 Å². The molecule has 0 N–H and O–H groups in total. The lowest BCUT2D eigenvalue weighted by Gasteiger charge is -2.26. The van der Waals surface area contributed by atoms with E-state index in [9.17, 15) is 6.57 Å². The van der Waals surface area contributed by atoms with Crippen LogP contribution in [-0.2, 0) is 0 Å². The lowest BCUT2D eigenvalue weighted by molar-refractivity contribution is 1.04. The molecule has 13 aromatic carbocycles. The first kappa shape index (κ1) is 51.3. The second-order valence-corrected chi connectivity index (χ2v) is 25.3. The first-order valence-electron chi connectivity index (χ1n) is 30.4. The summed E-state index contributed by atoms with van der Waals surface area (Å²) in [7, 11) is 0. The number of aromatic nitrogens is 6. The molecule has 0 fully saturated rings. The van der Waals surface area contributed by atoms with Gasteiger partial charge in [0.2, 0.25) is 5.69 Å². The summed E-state index contributed by atoms with van der Waals surface area (Å²) in [6, 6.07) is 102. The van der Waals surface area contributed by atoms with Gasteiger partial charge in [-0.05, 0) is 89.0 Å². The largest absolute Gasteiger partial charge is 0.317 e. The van der Waals surface area contributed by atoms with Gasteiger partial charge in [-0.2, -0.15) is 0 Å². The van der Waals surface area contributed by atoms with Gasteiger partial charge in [-0.3, -0.25) is 0 Å². The Labute approximate surface area is 529 Å². The Balaban J connectivity index is 1.07. The van der Waals surface area contributed by atoms with Crippen molar-refractivity contribution in [3.05, 3.63) is 297 Å². The van der Waals surface area contributed by atoms with Crippen LogP contribution in [0.4, 0.5) is 5.69 Å². The third-order valence-corrected chi connectivity index (χ3v) is 20.7. The van der Waals surface area contributed by atoms with Crippen LogP contribution in [0, 0.1) is 6.57 Å². The second kappa shape index (κ2) is 20.1. The van der Waals surface area contributed by atoms with Crippen LogP contribution in [0.1, 0.15) is 0 Å². The van der Waals surface area contributed by atoms with Crippen molar-refractivity contribution in [2.45, 2.75) is 0 Å². The zero-order chi connectivity index (χ0) is 59.8. The van der Waals surface area contributed by atoms with Crippen LogP contribution in [0.25, 0.3) is 184 Å². The minimum absolute atomic E-state index is 0.431. The lowest BCUT2D eigenvalue weighted by Crippen LogP contribution is -2.12. The fourth-order valence-corrected chi connectivity index (χ4v) is 16.8. The Hall–Kier alpha value is -11.8. The van der Waals surface area contributed by atoms with E-state index in [-0.39, 0.29) is 0 Å². The van der Waals surface area contributed by atoms with Crippen LogP contribution < -0.4 is 0 Å². The molecule has 0 radical (unpaired) electrons. The zero-order valence-electron chi connectivity index (χ0n) is 48.6. The molecule has 0 aliphatic heterocycles. The van der Waals surface area contributed by atoms with Gasteiger partial charge in [-0.25, -0.2) is 19.8 Å². The molecule has 0 atom stereocenters. The van der Waals surface area contributed by atoms with E-state index in [0.717, 1.165) is 116 Å². The summed E-state index contributed by atoms with van der Waals surface area (Å²) in [6.07, 6.45) is 0. The molecule has 7 nitrogen and oxygen atoms in total. The summed E-state index contributed by atoms with van der Waals surface area (Å²) < 4.78 is 12.2. The number of hydrogen-bond donors (Lipinski definition) is 0. The molecule has 91 heavy (non-hydrogen) atoms. The van der Waals surface area contributed by atoms with Crippen LogP contribution >= 0.6 is 22.7 Å². The molecule has 6 heterocycles. The summed E-state index contributed by atoms with van der Waals surface area (Å²) >= 11 is 3.67. The molecule has 19 rings (SSSR count). The monoisotopic (exact) mass is 1190 g/mol. The third-order valence-electron chi connectivity index (χ3n) is 18.3. The molecule has 0 aliphatic carbocycles. The van der Waals surface area contributed by atoms with Crippen LogP contribution in [0.5, 0.6) is 0 Å². The highest BCUT2D eigenvalue weighted by Gasteiger charge is 2.33. The van der Waals surface area contributed by atoms with Gasteiger partial charge in [-0.15, -0.1) is 22.7 Å². The highest BCUT2D eigenvalue weighted by atomic mass is 32.1. The number of rotatable bonds is 8. The average Bonchev–Trinajstić information content (AvgIpc) is 1.55. The van der Waals surface area contributed by atoms with E-state index >= 15 is 0 Å². The quantitative estimate of drug-likeness (QED) is 0.142.